The van der Waals surface area contributed by atoms with Crippen molar-refractivity contribution < 1.29 is 4.74 Å². The van der Waals surface area contributed by atoms with Gasteiger partial charge in [0.15, 0.2) is 0 Å². The fourth-order valence-electron chi connectivity index (χ4n) is 2.83. The van der Waals surface area contributed by atoms with Crippen molar-refractivity contribution in [2.45, 2.75) is 33.2 Å². The van der Waals surface area contributed by atoms with E-state index in [2.05, 4.69) is 30.1 Å². The molecule has 0 aromatic heterocycles. The van der Waals surface area contributed by atoms with Crippen LogP contribution in [0.15, 0.2) is 12.1 Å². The molecule has 1 N–H and O–H groups in total. The second-order valence-corrected chi connectivity index (χ2v) is 6.41. The average Bonchev–Trinajstić information content (AvgIpc) is 2.41. The van der Waals surface area contributed by atoms with E-state index in [0.717, 1.165) is 41.7 Å². The molecule has 0 bridgehead atoms. The minimum atomic E-state index is 0.546. The molecule has 112 valence electrons. The van der Waals surface area contributed by atoms with E-state index in [1.807, 2.05) is 13.0 Å². The fourth-order valence-corrected chi connectivity index (χ4v) is 2.98. The summed E-state index contributed by atoms with van der Waals surface area (Å²) in [5, 5.41) is 4.37. The summed E-state index contributed by atoms with van der Waals surface area (Å²) in [6.45, 7) is 9.63. The van der Waals surface area contributed by atoms with Crippen molar-refractivity contribution in [3.05, 3.63) is 22.7 Å². The van der Waals surface area contributed by atoms with Gasteiger partial charge in [-0.1, -0.05) is 25.4 Å². The van der Waals surface area contributed by atoms with Gasteiger partial charge in [-0.2, -0.15) is 0 Å². The molecule has 1 fully saturated rings. The molecule has 1 aliphatic rings. The highest BCUT2D eigenvalue weighted by molar-refractivity contribution is 6.31. The predicted octanol–water partition coefficient (Wildman–Crippen LogP) is 3.48. The Balaban J connectivity index is 2.20. The van der Waals surface area contributed by atoms with Crippen LogP contribution in [0, 0.1) is 12.8 Å². The summed E-state index contributed by atoms with van der Waals surface area (Å²) in [7, 11) is 1.71. The lowest BCUT2D eigenvalue weighted by molar-refractivity contribution is 0.380. The van der Waals surface area contributed by atoms with Gasteiger partial charge in [0.2, 0.25) is 0 Å². The van der Waals surface area contributed by atoms with Crippen LogP contribution in [-0.4, -0.2) is 32.8 Å². The first-order valence-electron chi connectivity index (χ1n) is 7.33. The molecule has 20 heavy (non-hydrogen) atoms. The molecule has 1 aromatic rings. The second-order valence-electron chi connectivity index (χ2n) is 6.00. The highest BCUT2D eigenvalue weighted by Crippen LogP contribution is 2.34. The number of aryl methyl sites for hydroxylation is 1. The zero-order valence-electron chi connectivity index (χ0n) is 12.9. The fraction of sp³-hybridized carbons (Fsp3) is 0.625. The van der Waals surface area contributed by atoms with Crippen molar-refractivity contribution in [1.82, 2.24) is 5.32 Å². The Morgan fingerprint density at radius 1 is 1.45 bits per heavy atom. The standard InChI is InChI=1S/C16H25ClN2O/c1-11(2)7-13-10-19(6-5-18-13)15-8-12(3)14(17)9-16(15)20-4/h8-9,11,13,18H,5-7,10H2,1-4H3. The number of hydrogen-bond donors (Lipinski definition) is 1. The van der Waals surface area contributed by atoms with E-state index in [1.165, 1.54) is 6.42 Å². The minimum Gasteiger partial charge on any atom is -0.495 e. The van der Waals surface area contributed by atoms with Crippen LogP contribution >= 0.6 is 11.6 Å². The lowest BCUT2D eigenvalue weighted by Crippen LogP contribution is -2.51. The SMILES string of the molecule is COc1cc(Cl)c(C)cc1N1CCNC(CC(C)C)C1. The number of nitrogens with zero attached hydrogens (tertiary/aromatic N) is 1. The number of benzene rings is 1. The molecule has 3 nitrogen and oxygen atoms in total. The first-order valence-corrected chi connectivity index (χ1v) is 7.71. The molecular weight excluding hydrogens is 272 g/mol. The van der Waals surface area contributed by atoms with Gasteiger partial charge in [-0.15, -0.1) is 0 Å². The first-order chi connectivity index (χ1) is 9.51. The Kier molecular flexibility index (Phi) is 5.17. The molecule has 0 aliphatic carbocycles. The Hall–Kier alpha value is -0.930. The van der Waals surface area contributed by atoms with Crippen molar-refractivity contribution in [1.29, 1.82) is 0 Å². The Morgan fingerprint density at radius 2 is 2.20 bits per heavy atom. The van der Waals surface area contributed by atoms with E-state index >= 15 is 0 Å². The van der Waals surface area contributed by atoms with Crippen LogP contribution in [0.4, 0.5) is 5.69 Å². The Bertz CT molecular complexity index is 462. The van der Waals surface area contributed by atoms with Crippen molar-refractivity contribution in [2.24, 2.45) is 5.92 Å². The largest absolute Gasteiger partial charge is 0.495 e. The van der Waals surface area contributed by atoms with Crippen molar-refractivity contribution in [3.8, 4) is 5.75 Å². The first kappa shape index (κ1) is 15.5. The second kappa shape index (κ2) is 6.68. The molecule has 1 aliphatic heterocycles. The van der Waals surface area contributed by atoms with Gasteiger partial charge < -0.3 is 15.0 Å². The third kappa shape index (κ3) is 3.58. The van der Waals surface area contributed by atoms with Gasteiger partial charge in [-0.25, -0.2) is 0 Å². The maximum Gasteiger partial charge on any atom is 0.143 e. The Labute approximate surface area is 127 Å². The molecule has 0 radical (unpaired) electrons. The van der Waals surface area contributed by atoms with E-state index in [1.54, 1.807) is 7.11 Å². The zero-order chi connectivity index (χ0) is 14.7. The maximum atomic E-state index is 6.19. The summed E-state index contributed by atoms with van der Waals surface area (Å²) in [4.78, 5) is 2.41. The van der Waals surface area contributed by atoms with E-state index in [-0.39, 0.29) is 0 Å². The average molecular weight is 297 g/mol. The van der Waals surface area contributed by atoms with Gasteiger partial charge in [0.1, 0.15) is 5.75 Å². The van der Waals surface area contributed by atoms with Crippen LogP contribution in [0.3, 0.4) is 0 Å². The van der Waals surface area contributed by atoms with Gasteiger partial charge in [-0.3, -0.25) is 0 Å². The lowest BCUT2D eigenvalue weighted by Gasteiger charge is -2.36. The molecule has 1 atom stereocenters. The van der Waals surface area contributed by atoms with Gasteiger partial charge in [0.25, 0.3) is 0 Å². The Morgan fingerprint density at radius 3 is 2.85 bits per heavy atom. The zero-order valence-corrected chi connectivity index (χ0v) is 13.6. The summed E-state index contributed by atoms with van der Waals surface area (Å²) < 4.78 is 5.50. The molecule has 1 aromatic carbocycles. The van der Waals surface area contributed by atoms with Crippen molar-refractivity contribution in [2.75, 3.05) is 31.6 Å². The van der Waals surface area contributed by atoms with Crippen LogP contribution in [0.2, 0.25) is 5.02 Å². The molecular formula is C16H25ClN2O. The minimum absolute atomic E-state index is 0.546. The van der Waals surface area contributed by atoms with E-state index in [4.69, 9.17) is 16.3 Å². The van der Waals surface area contributed by atoms with E-state index in [0.29, 0.717) is 12.0 Å². The highest BCUT2D eigenvalue weighted by atomic mass is 35.5. The monoisotopic (exact) mass is 296 g/mol. The van der Waals surface area contributed by atoms with Crippen molar-refractivity contribution >= 4 is 17.3 Å². The van der Waals surface area contributed by atoms with Crippen LogP contribution in [0.5, 0.6) is 5.75 Å². The molecule has 1 unspecified atom stereocenters. The number of anilines is 1. The number of ether oxygens (including phenoxy) is 1. The molecule has 4 heteroatoms. The maximum absolute atomic E-state index is 6.19. The van der Waals surface area contributed by atoms with Gasteiger partial charge in [-0.05, 0) is 30.9 Å². The highest BCUT2D eigenvalue weighted by Gasteiger charge is 2.23. The van der Waals surface area contributed by atoms with Gasteiger partial charge in [0, 0.05) is 36.8 Å². The molecule has 2 rings (SSSR count). The third-order valence-corrected chi connectivity index (χ3v) is 4.22. The van der Waals surface area contributed by atoms with Crippen LogP contribution in [0.25, 0.3) is 0 Å². The van der Waals surface area contributed by atoms with E-state index < -0.39 is 0 Å². The van der Waals surface area contributed by atoms with Crippen LogP contribution < -0.4 is 15.0 Å². The molecule has 1 heterocycles. The number of piperazine rings is 1. The summed E-state index contributed by atoms with van der Waals surface area (Å²) in [5.41, 5.74) is 2.26. The van der Waals surface area contributed by atoms with Gasteiger partial charge in [0.05, 0.1) is 12.8 Å². The normalized spacial score (nSPS) is 19.5. The molecule has 0 saturated carbocycles. The molecule has 0 spiro atoms. The summed E-state index contributed by atoms with van der Waals surface area (Å²) >= 11 is 6.19. The van der Waals surface area contributed by atoms with Crippen LogP contribution in [0.1, 0.15) is 25.8 Å². The third-order valence-electron chi connectivity index (χ3n) is 3.81. The molecule has 0 amide bonds. The summed E-state index contributed by atoms with van der Waals surface area (Å²) in [5.74, 6) is 1.58. The van der Waals surface area contributed by atoms with Crippen LogP contribution in [-0.2, 0) is 0 Å². The number of methoxy groups -OCH3 is 1. The quantitative estimate of drug-likeness (QED) is 0.920. The predicted molar refractivity (Wildman–Crippen MR) is 86.2 cm³/mol. The van der Waals surface area contributed by atoms with Crippen molar-refractivity contribution in [3.63, 3.8) is 0 Å². The molecule has 1 saturated heterocycles. The number of rotatable bonds is 4. The lowest BCUT2D eigenvalue weighted by atomic mass is 10.0. The summed E-state index contributed by atoms with van der Waals surface area (Å²) in [6.07, 6.45) is 1.20. The topological polar surface area (TPSA) is 24.5 Å². The van der Waals surface area contributed by atoms with E-state index in [9.17, 15) is 0 Å². The number of halogens is 1. The summed E-state index contributed by atoms with van der Waals surface area (Å²) in [6, 6.07) is 4.61. The number of hydrogen-bond acceptors (Lipinski definition) is 3. The smallest absolute Gasteiger partial charge is 0.143 e. The number of nitrogens with one attached hydrogen (secondary N) is 1. The van der Waals surface area contributed by atoms with Gasteiger partial charge >= 0.3 is 0 Å².